The van der Waals surface area contributed by atoms with E-state index in [1.54, 1.807) is 60.7 Å². The molecule has 1 aromatic heterocycles. The molecule has 0 saturated heterocycles. The zero-order valence-corrected chi connectivity index (χ0v) is 18.4. The van der Waals surface area contributed by atoms with E-state index in [2.05, 4.69) is 10.5 Å². The summed E-state index contributed by atoms with van der Waals surface area (Å²) in [6.45, 7) is 2.70. The van der Waals surface area contributed by atoms with Crippen molar-refractivity contribution in [1.29, 1.82) is 0 Å². The number of rotatable bonds is 9. The molecule has 3 aromatic carbocycles. The van der Waals surface area contributed by atoms with Crippen LogP contribution < -0.4 is 14.9 Å². The number of hydrogen-bond acceptors (Lipinski definition) is 6. The average Bonchev–Trinajstić information content (AvgIpc) is 3.27. The van der Waals surface area contributed by atoms with Crippen molar-refractivity contribution in [1.82, 2.24) is 5.43 Å². The largest absolute Gasteiger partial charge is 0.494 e. The number of aromatic carboxylic acids is 1. The van der Waals surface area contributed by atoms with Crippen LogP contribution in [-0.4, -0.2) is 29.8 Å². The van der Waals surface area contributed by atoms with Crippen LogP contribution in [0.5, 0.6) is 11.5 Å². The van der Waals surface area contributed by atoms with Crippen LogP contribution in [0.25, 0.3) is 11.0 Å². The van der Waals surface area contributed by atoms with Crippen molar-refractivity contribution in [2.75, 3.05) is 6.61 Å². The smallest absolute Gasteiger partial charge is 0.335 e. The third-order valence-electron chi connectivity index (χ3n) is 4.86. The molecule has 8 nitrogen and oxygen atoms in total. The number of fused-ring (bicyclic) bond motifs is 1. The molecule has 0 saturated carbocycles. The molecule has 0 fully saturated rings. The van der Waals surface area contributed by atoms with Crippen LogP contribution in [0.3, 0.4) is 0 Å². The van der Waals surface area contributed by atoms with Gasteiger partial charge in [0.15, 0.2) is 5.76 Å². The lowest BCUT2D eigenvalue weighted by molar-refractivity contribution is 0.0696. The van der Waals surface area contributed by atoms with Gasteiger partial charge in [0.2, 0.25) is 0 Å². The highest BCUT2D eigenvalue weighted by atomic mass is 16.5. The lowest BCUT2D eigenvalue weighted by Crippen LogP contribution is -2.16. The van der Waals surface area contributed by atoms with Gasteiger partial charge in [-0.25, -0.2) is 10.2 Å². The number of carbonyl (C=O) groups excluding carboxylic acids is 1. The Kier molecular flexibility index (Phi) is 6.88. The number of carbonyl (C=O) groups is 2. The molecule has 172 valence electrons. The Labute approximate surface area is 195 Å². The van der Waals surface area contributed by atoms with E-state index < -0.39 is 11.9 Å². The maximum atomic E-state index is 12.3. The summed E-state index contributed by atoms with van der Waals surface area (Å²) in [5.74, 6) is 0.0386. The highest BCUT2D eigenvalue weighted by molar-refractivity contribution is 5.96. The van der Waals surface area contributed by atoms with Gasteiger partial charge < -0.3 is 19.0 Å². The molecule has 0 spiro atoms. The molecule has 1 amide bonds. The summed E-state index contributed by atoms with van der Waals surface area (Å²) in [6.07, 6.45) is 1.51. The molecule has 34 heavy (non-hydrogen) atoms. The summed E-state index contributed by atoms with van der Waals surface area (Å²) < 4.78 is 16.7. The van der Waals surface area contributed by atoms with E-state index in [0.717, 1.165) is 16.5 Å². The fourth-order valence-corrected chi connectivity index (χ4v) is 3.22. The molecule has 4 aromatic rings. The zero-order chi connectivity index (χ0) is 23.9. The first-order chi connectivity index (χ1) is 16.5. The first kappa shape index (κ1) is 22.6. The third-order valence-corrected chi connectivity index (χ3v) is 4.86. The number of carboxylic acid groups (broad SMARTS) is 1. The first-order valence-electron chi connectivity index (χ1n) is 10.6. The van der Waals surface area contributed by atoms with Crippen LogP contribution in [0, 0.1) is 0 Å². The van der Waals surface area contributed by atoms with Crippen molar-refractivity contribution in [3.63, 3.8) is 0 Å². The highest BCUT2D eigenvalue weighted by Gasteiger charge is 2.12. The van der Waals surface area contributed by atoms with Crippen molar-refractivity contribution in [3.8, 4) is 11.5 Å². The Balaban J connectivity index is 1.31. The normalized spacial score (nSPS) is 11.0. The molecule has 0 aliphatic heterocycles. The van der Waals surface area contributed by atoms with E-state index in [9.17, 15) is 9.59 Å². The number of nitrogens with one attached hydrogen (secondary N) is 1. The number of carboxylic acids is 1. The quantitative estimate of drug-likeness (QED) is 0.273. The number of hydrazone groups is 1. The van der Waals surface area contributed by atoms with Gasteiger partial charge in [-0.3, -0.25) is 4.79 Å². The number of ether oxygens (including phenoxy) is 2. The SMILES string of the molecule is CCOc1ccc2oc(C(=O)N/N=C/c3ccc(OCc4cccc(C(=O)O)c4)cc3)cc2c1. The van der Waals surface area contributed by atoms with E-state index in [-0.39, 0.29) is 17.9 Å². The molecular weight excluding hydrogens is 436 g/mol. The van der Waals surface area contributed by atoms with E-state index in [0.29, 0.717) is 23.7 Å². The van der Waals surface area contributed by atoms with Crippen LogP contribution in [-0.2, 0) is 6.61 Å². The molecule has 1 heterocycles. The van der Waals surface area contributed by atoms with Gasteiger partial charge in [0, 0.05) is 5.39 Å². The predicted octanol–water partition coefficient (Wildman–Crippen LogP) is 4.87. The summed E-state index contributed by atoms with van der Waals surface area (Å²) in [5, 5.41) is 13.8. The Morgan fingerprint density at radius 2 is 1.79 bits per heavy atom. The molecular formula is C26H22N2O6. The summed E-state index contributed by atoms with van der Waals surface area (Å²) in [5.41, 5.74) is 4.76. The fraction of sp³-hybridized carbons (Fsp3) is 0.115. The lowest BCUT2D eigenvalue weighted by atomic mass is 10.1. The van der Waals surface area contributed by atoms with Crippen LogP contribution in [0.4, 0.5) is 0 Å². The lowest BCUT2D eigenvalue weighted by Gasteiger charge is -2.07. The molecule has 4 rings (SSSR count). The first-order valence-corrected chi connectivity index (χ1v) is 10.6. The molecule has 0 bridgehead atoms. The van der Waals surface area contributed by atoms with E-state index in [1.165, 1.54) is 12.3 Å². The second kappa shape index (κ2) is 10.4. The summed E-state index contributed by atoms with van der Waals surface area (Å²) in [6, 6.07) is 20.7. The predicted molar refractivity (Wildman–Crippen MR) is 127 cm³/mol. The molecule has 0 aliphatic carbocycles. The van der Waals surface area contributed by atoms with Crippen LogP contribution in [0.2, 0.25) is 0 Å². The summed E-state index contributed by atoms with van der Waals surface area (Å²) >= 11 is 0. The number of nitrogens with zero attached hydrogens (tertiary/aromatic N) is 1. The van der Waals surface area contributed by atoms with E-state index in [4.69, 9.17) is 19.0 Å². The maximum absolute atomic E-state index is 12.3. The molecule has 0 unspecified atom stereocenters. The second-order valence-corrected chi connectivity index (χ2v) is 7.31. The number of hydrogen-bond donors (Lipinski definition) is 2. The van der Waals surface area contributed by atoms with E-state index in [1.807, 2.05) is 13.0 Å². The van der Waals surface area contributed by atoms with Gasteiger partial charge in [-0.15, -0.1) is 0 Å². The van der Waals surface area contributed by atoms with Gasteiger partial charge in [-0.2, -0.15) is 5.10 Å². The van der Waals surface area contributed by atoms with E-state index >= 15 is 0 Å². The Hall–Kier alpha value is -4.59. The second-order valence-electron chi connectivity index (χ2n) is 7.31. The summed E-state index contributed by atoms with van der Waals surface area (Å²) in [4.78, 5) is 23.4. The monoisotopic (exact) mass is 458 g/mol. The van der Waals surface area contributed by atoms with Gasteiger partial charge in [0.1, 0.15) is 23.7 Å². The molecule has 0 radical (unpaired) electrons. The van der Waals surface area contributed by atoms with Gasteiger partial charge in [0.25, 0.3) is 0 Å². The topological polar surface area (TPSA) is 110 Å². The molecule has 2 N–H and O–H groups in total. The fourth-order valence-electron chi connectivity index (χ4n) is 3.22. The Bertz CT molecular complexity index is 1340. The average molecular weight is 458 g/mol. The maximum Gasteiger partial charge on any atom is 0.335 e. The highest BCUT2D eigenvalue weighted by Crippen LogP contribution is 2.24. The minimum absolute atomic E-state index is 0.150. The Morgan fingerprint density at radius 1 is 1.00 bits per heavy atom. The number of amides is 1. The van der Waals surface area contributed by atoms with Crippen molar-refractivity contribution >= 4 is 29.1 Å². The van der Waals surface area contributed by atoms with Crippen molar-refractivity contribution in [3.05, 3.63) is 95.2 Å². The van der Waals surface area contributed by atoms with Gasteiger partial charge in [-0.05, 0) is 78.7 Å². The zero-order valence-electron chi connectivity index (χ0n) is 18.4. The Morgan fingerprint density at radius 3 is 2.56 bits per heavy atom. The third kappa shape index (κ3) is 5.60. The van der Waals surface area contributed by atoms with Gasteiger partial charge in [0.05, 0.1) is 18.4 Å². The molecule has 0 aliphatic rings. The van der Waals surface area contributed by atoms with Crippen LogP contribution in [0.1, 0.15) is 39.0 Å². The number of benzene rings is 3. The minimum atomic E-state index is -0.978. The minimum Gasteiger partial charge on any atom is -0.494 e. The van der Waals surface area contributed by atoms with Crippen molar-refractivity contribution < 1.29 is 28.6 Å². The van der Waals surface area contributed by atoms with Crippen LogP contribution >= 0.6 is 0 Å². The van der Waals surface area contributed by atoms with Crippen LogP contribution in [0.15, 0.2) is 82.3 Å². The van der Waals surface area contributed by atoms with Crippen molar-refractivity contribution in [2.45, 2.75) is 13.5 Å². The molecule has 8 heteroatoms. The van der Waals surface area contributed by atoms with Crippen molar-refractivity contribution in [2.24, 2.45) is 5.10 Å². The molecule has 0 atom stereocenters. The van der Waals surface area contributed by atoms with Gasteiger partial charge >= 0.3 is 11.9 Å². The number of furan rings is 1. The standard InChI is InChI=1S/C26H22N2O6/c1-2-32-22-10-11-23-20(13-22)14-24(34-23)25(29)28-27-15-17-6-8-21(9-7-17)33-16-18-4-3-5-19(12-18)26(30)31/h3-15H,2,16H2,1H3,(H,28,29)(H,30,31)/b27-15+. The van der Waals surface area contributed by atoms with Gasteiger partial charge in [-0.1, -0.05) is 12.1 Å². The summed E-state index contributed by atoms with van der Waals surface area (Å²) in [7, 11) is 0.